The van der Waals surface area contributed by atoms with Crippen molar-refractivity contribution in [2.75, 3.05) is 25.1 Å². The standard InChI is InChI=1S/C17H29N3O3.HI/c1-5-17(21,6-2)12-19-16(18)20-14-11-13(22-7-3)9-10-15(14)23-8-4;/h9-11,21H,5-8,12H2,1-4H3,(H3,18,19,20);1H. The summed E-state index contributed by atoms with van der Waals surface area (Å²) in [6.45, 7) is 9.09. The van der Waals surface area contributed by atoms with E-state index in [1.54, 1.807) is 0 Å². The van der Waals surface area contributed by atoms with E-state index >= 15 is 0 Å². The van der Waals surface area contributed by atoms with Gasteiger partial charge in [0.2, 0.25) is 0 Å². The number of nitrogens with one attached hydrogen (secondary N) is 1. The van der Waals surface area contributed by atoms with Gasteiger partial charge in [-0.15, -0.1) is 24.0 Å². The van der Waals surface area contributed by atoms with Gasteiger partial charge in [0.15, 0.2) is 5.96 Å². The molecule has 1 aromatic carbocycles. The number of aliphatic imine (C=N–C) groups is 1. The summed E-state index contributed by atoms with van der Waals surface area (Å²) in [6.07, 6.45) is 1.26. The van der Waals surface area contributed by atoms with E-state index in [2.05, 4.69) is 10.3 Å². The first-order valence-electron chi connectivity index (χ1n) is 8.16. The number of hydrogen-bond acceptors (Lipinski definition) is 4. The number of aliphatic hydroxyl groups is 1. The third-order valence-corrected chi connectivity index (χ3v) is 3.68. The Morgan fingerprint density at radius 1 is 1.17 bits per heavy atom. The van der Waals surface area contributed by atoms with Crippen molar-refractivity contribution in [2.24, 2.45) is 10.7 Å². The lowest BCUT2D eigenvalue weighted by Crippen LogP contribution is -2.33. The monoisotopic (exact) mass is 451 g/mol. The van der Waals surface area contributed by atoms with Crippen molar-refractivity contribution in [3.05, 3.63) is 18.2 Å². The molecule has 0 fully saturated rings. The molecular formula is C17H30IN3O3. The highest BCUT2D eigenvalue weighted by Crippen LogP contribution is 2.29. The molecule has 0 saturated heterocycles. The van der Waals surface area contributed by atoms with E-state index < -0.39 is 5.60 Å². The second-order valence-electron chi connectivity index (χ2n) is 5.28. The van der Waals surface area contributed by atoms with Crippen molar-refractivity contribution < 1.29 is 14.6 Å². The molecule has 0 bridgehead atoms. The Hall–Kier alpha value is -1.22. The number of guanidine groups is 1. The first kappa shape index (κ1) is 22.8. The summed E-state index contributed by atoms with van der Waals surface area (Å²) in [4.78, 5) is 4.25. The molecular weight excluding hydrogens is 421 g/mol. The van der Waals surface area contributed by atoms with Crippen molar-refractivity contribution in [3.8, 4) is 11.5 Å². The van der Waals surface area contributed by atoms with Crippen LogP contribution in [0.15, 0.2) is 23.2 Å². The van der Waals surface area contributed by atoms with Crippen LogP contribution in [0, 0.1) is 0 Å². The molecule has 0 atom stereocenters. The molecule has 0 saturated carbocycles. The van der Waals surface area contributed by atoms with Crippen LogP contribution >= 0.6 is 24.0 Å². The zero-order valence-corrected chi connectivity index (χ0v) is 17.3. The summed E-state index contributed by atoms with van der Waals surface area (Å²) in [7, 11) is 0. The highest BCUT2D eigenvalue weighted by atomic mass is 127. The van der Waals surface area contributed by atoms with E-state index in [1.807, 2.05) is 45.9 Å². The number of rotatable bonds is 9. The van der Waals surface area contributed by atoms with Crippen LogP contribution in [0.1, 0.15) is 40.5 Å². The quantitative estimate of drug-likeness (QED) is 0.304. The van der Waals surface area contributed by atoms with Gasteiger partial charge in [0.1, 0.15) is 11.5 Å². The largest absolute Gasteiger partial charge is 0.494 e. The van der Waals surface area contributed by atoms with Gasteiger partial charge >= 0.3 is 0 Å². The van der Waals surface area contributed by atoms with Gasteiger partial charge in [0, 0.05) is 6.07 Å². The Morgan fingerprint density at radius 2 is 1.79 bits per heavy atom. The second-order valence-corrected chi connectivity index (χ2v) is 5.28. The first-order valence-corrected chi connectivity index (χ1v) is 8.16. The molecule has 0 radical (unpaired) electrons. The van der Waals surface area contributed by atoms with Gasteiger partial charge in [-0.3, -0.25) is 4.99 Å². The molecule has 1 aromatic rings. The first-order chi connectivity index (χ1) is 11.0. The lowest BCUT2D eigenvalue weighted by molar-refractivity contribution is 0.0419. The maximum Gasteiger partial charge on any atom is 0.193 e. The average Bonchev–Trinajstić information content (AvgIpc) is 2.55. The number of anilines is 1. The van der Waals surface area contributed by atoms with E-state index in [9.17, 15) is 5.11 Å². The Bertz CT molecular complexity index is 520. The van der Waals surface area contributed by atoms with Gasteiger partial charge in [0.25, 0.3) is 0 Å². The van der Waals surface area contributed by atoms with Gasteiger partial charge < -0.3 is 25.6 Å². The van der Waals surface area contributed by atoms with Crippen LogP contribution in [0.2, 0.25) is 0 Å². The van der Waals surface area contributed by atoms with E-state index in [-0.39, 0.29) is 36.5 Å². The molecule has 0 amide bonds. The fourth-order valence-corrected chi connectivity index (χ4v) is 2.03. The molecule has 0 spiro atoms. The molecule has 0 aliphatic rings. The van der Waals surface area contributed by atoms with Crippen molar-refractivity contribution in [1.29, 1.82) is 0 Å². The van der Waals surface area contributed by atoms with E-state index in [0.29, 0.717) is 37.5 Å². The predicted octanol–water partition coefficient (Wildman–Crippen LogP) is 3.38. The number of nitrogens with zero attached hydrogens (tertiary/aromatic N) is 1. The normalized spacial score (nSPS) is 11.6. The fraction of sp³-hybridized carbons (Fsp3) is 0.588. The molecule has 24 heavy (non-hydrogen) atoms. The highest BCUT2D eigenvalue weighted by molar-refractivity contribution is 14.0. The predicted molar refractivity (Wildman–Crippen MR) is 110 cm³/mol. The molecule has 0 heterocycles. The van der Waals surface area contributed by atoms with Gasteiger partial charge in [0.05, 0.1) is 31.0 Å². The van der Waals surface area contributed by atoms with E-state index in [0.717, 1.165) is 5.75 Å². The van der Waals surface area contributed by atoms with Gasteiger partial charge in [-0.1, -0.05) is 13.8 Å². The molecule has 1 rings (SSSR count). The van der Waals surface area contributed by atoms with E-state index in [4.69, 9.17) is 15.2 Å². The van der Waals surface area contributed by atoms with Crippen LogP contribution in [0.25, 0.3) is 0 Å². The Labute approximate surface area is 161 Å². The zero-order chi connectivity index (χ0) is 17.3. The molecule has 0 aliphatic heterocycles. The van der Waals surface area contributed by atoms with Crippen molar-refractivity contribution in [2.45, 2.75) is 46.1 Å². The lowest BCUT2D eigenvalue weighted by atomic mass is 9.98. The molecule has 0 aliphatic carbocycles. The molecule has 0 aromatic heterocycles. The van der Waals surface area contributed by atoms with Crippen molar-refractivity contribution >= 4 is 35.6 Å². The smallest absolute Gasteiger partial charge is 0.193 e. The topological polar surface area (TPSA) is 89.1 Å². The van der Waals surface area contributed by atoms with Gasteiger partial charge in [-0.25, -0.2) is 0 Å². The van der Waals surface area contributed by atoms with E-state index in [1.165, 1.54) is 0 Å². The van der Waals surface area contributed by atoms with Crippen LogP contribution in [0.4, 0.5) is 5.69 Å². The average molecular weight is 451 g/mol. The lowest BCUT2D eigenvalue weighted by Gasteiger charge is -2.23. The fourth-order valence-electron chi connectivity index (χ4n) is 2.03. The molecule has 0 unspecified atom stereocenters. The Balaban J connectivity index is 0.00000529. The minimum Gasteiger partial charge on any atom is -0.494 e. The number of halogens is 1. The van der Waals surface area contributed by atoms with Crippen LogP contribution < -0.4 is 20.5 Å². The SMILES string of the molecule is CCOc1ccc(OCC)c(NC(N)=NCC(O)(CC)CC)c1.I. The molecule has 138 valence electrons. The maximum atomic E-state index is 10.3. The Kier molecular flexibility index (Phi) is 10.8. The summed E-state index contributed by atoms with van der Waals surface area (Å²) in [5.74, 6) is 1.64. The van der Waals surface area contributed by atoms with Crippen molar-refractivity contribution in [1.82, 2.24) is 0 Å². The molecule has 6 nitrogen and oxygen atoms in total. The maximum absolute atomic E-state index is 10.3. The van der Waals surface area contributed by atoms with Crippen molar-refractivity contribution in [3.63, 3.8) is 0 Å². The number of nitrogens with two attached hydrogens (primary N) is 1. The minimum atomic E-state index is -0.817. The number of hydrogen-bond donors (Lipinski definition) is 3. The zero-order valence-electron chi connectivity index (χ0n) is 15.0. The summed E-state index contributed by atoms with van der Waals surface area (Å²) in [5, 5.41) is 13.3. The Morgan fingerprint density at radius 3 is 2.33 bits per heavy atom. The second kappa shape index (κ2) is 11.4. The third kappa shape index (κ3) is 7.12. The van der Waals surface area contributed by atoms with Crippen LogP contribution in [-0.2, 0) is 0 Å². The summed E-state index contributed by atoms with van der Waals surface area (Å²) in [5.41, 5.74) is 5.82. The number of benzene rings is 1. The van der Waals surface area contributed by atoms with Gasteiger partial charge in [-0.2, -0.15) is 0 Å². The number of ether oxygens (including phenoxy) is 2. The van der Waals surface area contributed by atoms with Gasteiger partial charge in [-0.05, 0) is 38.8 Å². The summed E-state index contributed by atoms with van der Waals surface area (Å²) < 4.78 is 11.1. The minimum absolute atomic E-state index is 0. The summed E-state index contributed by atoms with van der Waals surface area (Å²) >= 11 is 0. The van der Waals surface area contributed by atoms with Crippen LogP contribution in [0.5, 0.6) is 11.5 Å². The van der Waals surface area contributed by atoms with Crippen LogP contribution in [-0.4, -0.2) is 36.4 Å². The highest BCUT2D eigenvalue weighted by Gasteiger charge is 2.21. The third-order valence-electron chi connectivity index (χ3n) is 3.68. The summed E-state index contributed by atoms with van der Waals surface area (Å²) in [6, 6.07) is 5.50. The molecule has 7 heteroatoms. The van der Waals surface area contributed by atoms with Crippen LogP contribution in [0.3, 0.4) is 0 Å². The molecule has 4 N–H and O–H groups in total.